The molecule has 0 unspecified atom stereocenters. The van der Waals surface area contributed by atoms with E-state index in [4.69, 9.17) is 5.11 Å². The lowest BCUT2D eigenvalue weighted by molar-refractivity contribution is -0.142. The van der Waals surface area contributed by atoms with Crippen LogP contribution in [-0.2, 0) is 14.4 Å². The quantitative estimate of drug-likeness (QED) is 0.718. The molecule has 0 heterocycles. The highest BCUT2D eigenvalue weighted by molar-refractivity contribution is 5.79. The average Bonchev–Trinajstić information content (AvgIpc) is 2.54. The first kappa shape index (κ1) is 19.8. The molecule has 0 bridgehead atoms. The summed E-state index contributed by atoms with van der Waals surface area (Å²) in [5, 5.41) is 14.2. The van der Waals surface area contributed by atoms with Crippen LogP contribution in [0.1, 0.15) is 50.6 Å². The van der Waals surface area contributed by atoms with Crippen molar-refractivity contribution in [1.82, 2.24) is 10.6 Å². The smallest absolute Gasteiger partial charge is 0.306 e. The fourth-order valence-electron chi connectivity index (χ4n) is 3.27. The van der Waals surface area contributed by atoms with Gasteiger partial charge in [-0.2, -0.15) is 0 Å². The largest absolute Gasteiger partial charge is 0.481 e. The highest BCUT2D eigenvalue weighted by Gasteiger charge is 2.28. The summed E-state index contributed by atoms with van der Waals surface area (Å²) in [5.74, 6) is -3.87. The zero-order chi connectivity index (χ0) is 19.3. The number of rotatable bonds is 6. The third kappa shape index (κ3) is 5.24. The van der Waals surface area contributed by atoms with Crippen molar-refractivity contribution >= 4 is 17.8 Å². The first-order valence-electron chi connectivity index (χ1n) is 8.51. The average molecular weight is 368 g/mol. The number of aliphatic carboxylic acids is 1. The van der Waals surface area contributed by atoms with E-state index in [-0.39, 0.29) is 18.0 Å². The van der Waals surface area contributed by atoms with Gasteiger partial charge in [0.2, 0.25) is 11.8 Å². The predicted octanol–water partition coefficient (Wildman–Crippen LogP) is 2.29. The van der Waals surface area contributed by atoms with Crippen LogP contribution < -0.4 is 10.6 Å². The topological polar surface area (TPSA) is 95.5 Å². The molecule has 0 radical (unpaired) electrons. The Morgan fingerprint density at radius 2 is 1.73 bits per heavy atom. The van der Waals surface area contributed by atoms with Crippen LogP contribution in [0.4, 0.5) is 8.78 Å². The second-order valence-corrected chi connectivity index (χ2v) is 6.55. The Morgan fingerprint density at radius 1 is 1.15 bits per heavy atom. The molecule has 1 saturated carbocycles. The van der Waals surface area contributed by atoms with Gasteiger partial charge in [0.05, 0.1) is 18.4 Å². The number of hydrogen-bond donors (Lipinski definition) is 3. The van der Waals surface area contributed by atoms with Gasteiger partial charge < -0.3 is 15.7 Å². The third-order valence-corrected chi connectivity index (χ3v) is 4.56. The summed E-state index contributed by atoms with van der Waals surface area (Å²) in [5.41, 5.74) is -0.354. The minimum atomic E-state index is -1.12. The lowest BCUT2D eigenvalue weighted by Crippen LogP contribution is -2.41. The number of hydrogen-bond acceptors (Lipinski definition) is 3. The Kier molecular flexibility index (Phi) is 6.65. The number of carbonyl (C=O) groups is 3. The second-order valence-electron chi connectivity index (χ2n) is 6.55. The molecule has 3 N–H and O–H groups in total. The molecule has 0 aromatic heterocycles. The molecule has 8 heteroatoms. The van der Waals surface area contributed by atoms with Crippen LogP contribution in [0.5, 0.6) is 0 Å². The Hall–Kier alpha value is -2.51. The van der Waals surface area contributed by atoms with Gasteiger partial charge in [0, 0.05) is 18.5 Å². The summed E-state index contributed by atoms with van der Waals surface area (Å²) in [6.07, 6.45) is 1.69. The molecule has 26 heavy (non-hydrogen) atoms. The van der Waals surface area contributed by atoms with Crippen molar-refractivity contribution in [2.24, 2.45) is 5.92 Å². The number of carbonyl (C=O) groups excluding carboxylic acids is 2. The molecule has 1 aromatic rings. The molecule has 0 saturated heterocycles. The fraction of sp³-hybridized carbons (Fsp3) is 0.500. The van der Waals surface area contributed by atoms with E-state index in [2.05, 4.69) is 10.6 Å². The second kappa shape index (κ2) is 8.73. The van der Waals surface area contributed by atoms with Gasteiger partial charge in [0.15, 0.2) is 0 Å². The molecule has 0 aliphatic heterocycles. The van der Waals surface area contributed by atoms with Crippen molar-refractivity contribution < 1.29 is 28.3 Å². The summed E-state index contributed by atoms with van der Waals surface area (Å²) in [6, 6.07) is 2.04. The van der Waals surface area contributed by atoms with Gasteiger partial charge in [-0.3, -0.25) is 14.4 Å². The van der Waals surface area contributed by atoms with Gasteiger partial charge in [-0.15, -0.1) is 0 Å². The van der Waals surface area contributed by atoms with E-state index >= 15 is 0 Å². The van der Waals surface area contributed by atoms with E-state index in [1.54, 1.807) is 0 Å². The predicted molar refractivity (Wildman–Crippen MR) is 89.1 cm³/mol. The Labute approximate surface area is 150 Å². The Balaban J connectivity index is 2.01. The van der Waals surface area contributed by atoms with Gasteiger partial charge >= 0.3 is 5.97 Å². The lowest BCUT2D eigenvalue weighted by Gasteiger charge is -2.27. The van der Waals surface area contributed by atoms with E-state index in [1.807, 2.05) is 0 Å². The van der Waals surface area contributed by atoms with Gasteiger partial charge in [-0.25, -0.2) is 8.78 Å². The van der Waals surface area contributed by atoms with Gasteiger partial charge in [-0.1, -0.05) is 6.07 Å². The van der Waals surface area contributed by atoms with E-state index in [1.165, 1.54) is 13.0 Å². The van der Waals surface area contributed by atoms with Crippen LogP contribution in [0, 0.1) is 17.6 Å². The summed E-state index contributed by atoms with van der Waals surface area (Å²) in [6.45, 7) is 1.21. The normalized spacial score (nSPS) is 20.9. The van der Waals surface area contributed by atoms with Crippen LogP contribution in [0.15, 0.2) is 18.2 Å². The van der Waals surface area contributed by atoms with Gasteiger partial charge in [0.25, 0.3) is 0 Å². The summed E-state index contributed by atoms with van der Waals surface area (Å²) >= 11 is 0. The molecule has 1 aliphatic carbocycles. The SMILES string of the molecule is CC(=O)N[C@H](CC(=O)NC1CCC(C(=O)O)CC1)c1c(F)cccc1F. The molecule has 6 nitrogen and oxygen atoms in total. The van der Waals surface area contributed by atoms with Crippen LogP contribution in [0.25, 0.3) is 0 Å². The molecule has 1 aromatic carbocycles. The van der Waals surface area contributed by atoms with E-state index in [0.717, 1.165) is 12.1 Å². The first-order chi connectivity index (χ1) is 12.3. The lowest BCUT2D eigenvalue weighted by atomic mass is 9.86. The fourth-order valence-corrected chi connectivity index (χ4v) is 3.27. The van der Waals surface area contributed by atoms with Crippen LogP contribution >= 0.6 is 0 Å². The minimum Gasteiger partial charge on any atom is -0.481 e. The molecule has 1 aliphatic rings. The van der Waals surface area contributed by atoms with Crippen LogP contribution in [-0.4, -0.2) is 28.9 Å². The molecule has 1 atom stereocenters. The van der Waals surface area contributed by atoms with Crippen molar-refractivity contribution in [1.29, 1.82) is 0 Å². The van der Waals surface area contributed by atoms with Crippen LogP contribution in [0.3, 0.4) is 0 Å². The highest BCUT2D eigenvalue weighted by atomic mass is 19.1. The third-order valence-electron chi connectivity index (χ3n) is 4.56. The van der Waals surface area contributed by atoms with E-state index in [0.29, 0.717) is 25.7 Å². The molecule has 2 amide bonds. The van der Waals surface area contributed by atoms with Crippen molar-refractivity contribution in [3.63, 3.8) is 0 Å². The maximum atomic E-state index is 14.0. The first-order valence-corrected chi connectivity index (χ1v) is 8.51. The Bertz CT molecular complexity index is 668. The van der Waals surface area contributed by atoms with E-state index in [9.17, 15) is 23.2 Å². The zero-order valence-electron chi connectivity index (χ0n) is 14.4. The zero-order valence-corrected chi connectivity index (χ0v) is 14.4. The van der Waals surface area contributed by atoms with Crippen molar-refractivity contribution in [3.05, 3.63) is 35.4 Å². The molecular weight excluding hydrogens is 346 g/mol. The van der Waals surface area contributed by atoms with Crippen LogP contribution in [0.2, 0.25) is 0 Å². The molecule has 142 valence electrons. The number of carboxylic acid groups (broad SMARTS) is 1. The highest BCUT2D eigenvalue weighted by Crippen LogP contribution is 2.26. The van der Waals surface area contributed by atoms with Crippen molar-refractivity contribution in [2.45, 2.75) is 51.1 Å². The maximum absolute atomic E-state index is 14.0. The van der Waals surface area contributed by atoms with Gasteiger partial charge in [-0.05, 0) is 37.8 Å². The van der Waals surface area contributed by atoms with Crippen molar-refractivity contribution in [3.8, 4) is 0 Å². The van der Waals surface area contributed by atoms with Crippen molar-refractivity contribution in [2.75, 3.05) is 0 Å². The number of carboxylic acids is 1. The standard InChI is InChI=1S/C18H22F2N2O4/c1-10(23)21-15(17-13(19)3-2-4-14(17)20)9-16(24)22-12-7-5-11(6-8-12)18(25)26/h2-4,11-12,15H,5-9H2,1H3,(H,21,23)(H,22,24)(H,25,26)/t11?,12?,15-/m1/s1. The number of amides is 2. The van der Waals surface area contributed by atoms with E-state index < -0.39 is 41.4 Å². The number of nitrogens with one attached hydrogen (secondary N) is 2. The monoisotopic (exact) mass is 368 g/mol. The summed E-state index contributed by atoms with van der Waals surface area (Å²) < 4.78 is 28.0. The number of halogens is 2. The molecular formula is C18H22F2N2O4. The number of benzene rings is 1. The summed E-state index contributed by atoms with van der Waals surface area (Å²) in [4.78, 5) is 34.6. The molecule has 0 spiro atoms. The summed E-state index contributed by atoms with van der Waals surface area (Å²) in [7, 11) is 0. The molecule has 2 rings (SSSR count). The Morgan fingerprint density at radius 3 is 2.23 bits per heavy atom. The van der Waals surface area contributed by atoms with Gasteiger partial charge in [0.1, 0.15) is 11.6 Å². The molecule has 1 fully saturated rings. The maximum Gasteiger partial charge on any atom is 0.306 e. The minimum absolute atomic E-state index is 0.179.